The number of aliphatic hydroxyl groups is 1. The summed E-state index contributed by atoms with van der Waals surface area (Å²) >= 11 is 0. The van der Waals surface area contributed by atoms with Gasteiger partial charge in [0.15, 0.2) is 5.96 Å². The zero-order valence-corrected chi connectivity index (χ0v) is 21.5. The molecule has 0 saturated carbocycles. The van der Waals surface area contributed by atoms with Crippen molar-refractivity contribution in [3.63, 3.8) is 0 Å². The Bertz CT molecular complexity index is 1190. The molecule has 39 heavy (non-hydrogen) atoms. The number of nitrogens with zero attached hydrogens (tertiary/aromatic N) is 1. The first kappa shape index (κ1) is 29.4. The van der Waals surface area contributed by atoms with Crippen molar-refractivity contribution in [1.29, 1.82) is 0 Å². The number of fused-ring (bicyclic) bond motifs is 1. The monoisotopic (exact) mass is 544 g/mol. The minimum absolute atomic E-state index is 0.0260. The molecule has 4 unspecified atom stereocenters. The number of rotatable bonds is 14. The maximum absolute atomic E-state index is 13.4. The van der Waals surface area contributed by atoms with Crippen molar-refractivity contribution in [1.82, 2.24) is 26.3 Å². The Balaban J connectivity index is 1.81. The predicted molar refractivity (Wildman–Crippen MR) is 143 cm³/mol. The summed E-state index contributed by atoms with van der Waals surface area (Å²) in [6.45, 7) is 0.105. The SMILES string of the molecule is NC(N)=NCCCC(NC(=O)C1CCCN1)C(=O)NC(Cc1c[nH]c2ccccc12)C(=O)NC(CO)C(=O)O. The van der Waals surface area contributed by atoms with Crippen LogP contribution in [0.4, 0.5) is 0 Å². The minimum atomic E-state index is -1.55. The molecule has 212 valence electrons. The second kappa shape index (κ2) is 14.1. The van der Waals surface area contributed by atoms with Crippen LogP contribution in [0.3, 0.4) is 0 Å². The molecule has 1 aliphatic heterocycles. The predicted octanol–water partition coefficient (Wildman–Crippen LogP) is -1.95. The van der Waals surface area contributed by atoms with Crippen molar-refractivity contribution in [3.8, 4) is 0 Å². The molecule has 2 aromatic rings. The van der Waals surface area contributed by atoms with E-state index in [1.807, 2.05) is 24.3 Å². The highest BCUT2D eigenvalue weighted by atomic mass is 16.4. The number of nitrogens with two attached hydrogens (primary N) is 2. The lowest BCUT2D eigenvalue weighted by Gasteiger charge is -2.25. The van der Waals surface area contributed by atoms with E-state index in [0.29, 0.717) is 24.9 Å². The van der Waals surface area contributed by atoms with Crippen molar-refractivity contribution in [2.75, 3.05) is 19.7 Å². The molecule has 11 N–H and O–H groups in total. The topological polar surface area (TPSA) is 237 Å². The van der Waals surface area contributed by atoms with E-state index in [1.54, 1.807) is 6.20 Å². The van der Waals surface area contributed by atoms with Crippen molar-refractivity contribution >= 4 is 40.6 Å². The van der Waals surface area contributed by atoms with Crippen molar-refractivity contribution in [2.24, 2.45) is 16.5 Å². The van der Waals surface area contributed by atoms with Crippen LogP contribution in [0.5, 0.6) is 0 Å². The van der Waals surface area contributed by atoms with Crippen LogP contribution in [0, 0.1) is 0 Å². The van der Waals surface area contributed by atoms with E-state index in [9.17, 15) is 29.4 Å². The summed E-state index contributed by atoms with van der Waals surface area (Å²) < 4.78 is 0. The highest BCUT2D eigenvalue weighted by Crippen LogP contribution is 2.19. The summed E-state index contributed by atoms with van der Waals surface area (Å²) in [6, 6.07) is 3.21. The van der Waals surface area contributed by atoms with E-state index in [1.165, 1.54) is 0 Å². The molecule has 14 nitrogen and oxygen atoms in total. The summed E-state index contributed by atoms with van der Waals surface area (Å²) in [5, 5.41) is 30.3. The third kappa shape index (κ3) is 8.41. The first-order valence-corrected chi connectivity index (χ1v) is 12.8. The Morgan fingerprint density at radius 3 is 2.44 bits per heavy atom. The van der Waals surface area contributed by atoms with Gasteiger partial charge in [-0.25, -0.2) is 4.79 Å². The number of benzene rings is 1. The molecule has 3 rings (SSSR count). The van der Waals surface area contributed by atoms with Crippen LogP contribution < -0.4 is 32.7 Å². The molecular weight excluding hydrogens is 508 g/mol. The van der Waals surface area contributed by atoms with E-state index in [0.717, 1.165) is 17.3 Å². The molecular formula is C25H36N8O6. The number of guanidine groups is 1. The highest BCUT2D eigenvalue weighted by molar-refractivity contribution is 5.95. The lowest BCUT2D eigenvalue weighted by molar-refractivity contribution is -0.143. The number of carbonyl (C=O) groups is 4. The van der Waals surface area contributed by atoms with E-state index in [-0.39, 0.29) is 31.3 Å². The first-order chi connectivity index (χ1) is 18.7. The summed E-state index contributed by atoms with van der Waals surface area (Å²) in [6.07, 6.45) is 3.77. The fraction of sp³-hybridized carbons (Fsp3) is 0.480. The number of aliphatic carboxylic acids is 1. The number of hydrogen-bond donors (Lipinski definition) is 9. The number of aliphatic hydroxyl groups excluding tert-OH is 1. The van der Waals surface area contributed by atoms with Gasteiger partial charge in [-0.15, -0.1) is 0 Å². The van der Waals surface area contributed by atoms with Crippen LogP contribution >= 0.6 is 0 Å². The fourth-order valence-corrected chi connectivity index (χ4v) is 4.41. The Kier molecular flexibility index (Phi) is 10.6. The second-order valence-electron chi connectivity index (χ2n) is 9.37. The lowest BCUT2D eigenvalue weighted by Crippen LogP contribution is -2.58. The third-order valence-electron chi connectivity index (χ3n) is 6.48. The van der Waals surface area contributed by atoms with Crippen LogP contribution in [0.2, 0.25) is 0 Å². The Hall–Kier alpha value is -4.17. The van der Waals surface area contributed by atoms with E-state index >= 15 is 0 Å². The van der Waals surface area contributed by atoms with Gasteiger partial charge in [0.05, 0.1) is 12.6 Å². The smallest absolute Gasteiger partial charge is 0.328 e. The molecule has 0 radical (unpaired) electrons. The molecule has 0 spiro atoms. The van der Waals surface area contributed by atoms with Gasteiger partial charge in [-0.1, -0.05) is 18.2 Å². The van der Waals surface area contributed by atoms with Gasteiger partial charge in [0.1, 0.15) is 18.1 Å². The average molecular weight is 545 g/mol. The molecule has 0 bridgehead atoms. The highest BCUT2D eigenvalue weighted by Gasteiger charge is 2.31. The number of hydrogen-bond acceptors (Lipinski definition) is 7. The number of H-pyrrole nitrogens is 1. The number of carboxylic acids is 1. The molecule has 1 aliphatic rings. The number of para-hydroxylation sites is 1. The number of carboxylic acid groups (broad SMARTS) is 1. The molecule has 0 aliphatic carbocycles. The zero-order valence-electron chi connectivity index (χ0n) is 21.5. The van der Waals surface area contributed by atoms with Gasteiger partial charge in [-0.3, -0.25) is 19.4 Å². The summed E-state index contributed by atoms with van der Waals surface area (Å²) in [5.41, 5.74) is 12.3. The zero-order chi connectivity index (χ0) is 28.4. The van der Waals surface area contributed by atoms with Crippen LogP contribution in [0.1, 0.15) is 31.2 Å². The number of carbonyl (C=O) groups excluding carboxylic acids is 3. The number of aromatic amines is 1. The van der Waals surface area contributed by atoms with Gasteiger partial charge < -0.3 is 47.9 Å². The summed E-state index contributed by atoms with van der Waals surface area (Å²) in [4.78, 5) is 57.8. The van der Waals surface area contributed by atoms with Crippen LogP contribution in [0.15, 0.2) is 35.5 Å². The van der Waals surface area contributed by atoms with Gasteiger partial charge in [0.25, 0.3) is 0 Å². The number of nitrogens with one attached hydrogen (secondary N) is 5. The summed E-state index contributed by atoms with van der Waals surface area (Å²) in [7, 11) is 0. The normalized spacial score (nSPS) is 17.1. The number of aromatic nitrogens is 1. The maximum atomic E-state index is 13.4. The standard InChI is InChI=1S/C25H36N8O6/c26-25(27)29-10-4-8-18(31-21(35)17-7-3-9-28-17)22(36)32-19(23(37)33-20(13-34)24(38)39)11-14-12-30-16-6-2-1-5-15(14)16/h1-2,5-6,12,17-20,28,30,34H,3-4,7-11,13H2,(H,31,35)(H,32,36)(H,33,37)(H,38,39)(H4,26,27,29). The van der Waals surface area contributed by atoms with Gasteiger partial charge in [-0.2, -0.15) is 0 Å². The number of amides is 3. The molecule has 4 atom stereocenters. The quantitative estimate of drug-likeness (QED) is 0.0728. The minimum Gasteiger partial charge on any atom is -0.480 e. The Morgan fingerprint density at radius 1 is 1.05 bits per heavy atom. The van der Waals surface area contributed by atoms with Crippen molar-refractivity contribution in [3.05, 3.63) is 36.0 Å². The van der Waals surface area contributed by atoms with Crippen LogP contribution in [-0.2, 0) is 25.6 Å². The Labute approximate surface area is 225 Å². The molecule has 1 saturated heterocycles. The molecule has 1 aromatic carbocycles. The van der Waals surface area contributed by atoms with Gasteiger partial charge >= 0.3 is 5.97 Å². The first-order valence-electron chi connectivity index (χ1n) is 12.8. The van der Waals surface area contributed by atoms with Gasteiger partial charge in [0, 0.05) is 30.1 Å². The molecule has 1 aromatic heterocycles. The van der Waals surface area contributed by atoms with Gasteiger partial charge in [-0.05, 0) is 43.9 Å². The third-order valence-corrected chi connectivity index (χ3v) is 6.48. The Morgan fingerprint density at radius 2 is 1.77 bits per heavy atom. The largest absolute Gasteiger partial charge is 0.480 e. The van der Waals surface area contributed by atoms with Crippen LogP contribution in [0.25, 0.3) is 10.9 Å². The fourth-order valence-electron chi connectivity index (χ4n) is 4.41. The molecule has 2 heterocycles. The van der Waals surface area contributed by atoms with E-state index in [2.05, 4.69) is 31.2 Å². The summed E-state index contributed by atoms with van der Waals surface area (Å²) in [5.74, 6) is -3.27. The maximum Gasteiger partial charge on any atom is 0.328 e. The lowest BCUT2D eigenvalue weighted by atomic mass is 10.0. The van der Waals surface area contributed by atoms with E-state index < -0.39 is 48.6 Å². The molecule has 1 fully saturated rings. The second-order valence-corrected chi connectivity index (χ2v) is 9.37. The van der Waals surface area contributed by atoms with Crippen molar-refractivity contribution < 1.29 is 29.4 Å². The van der Waals surface area contributed by atoms with Gasteiger partial charge in [0.2, 0.25) is 17.7 Å². The number of aliphatic imine (C=N–C) groups is 1. The van der Waals surface area contributed by atoms with Crippen LogP contribution in [-0.4, -0.2) is 88.7 Å². The van der Waals surface area contributed by atoms with Crippen molar-refractivity contribution in [2.45, 2.75) is 56.3 Å². The molecule has 14 heteroatoms. The van der Waals surface area contributed by atoms with E-state index in [4.69, 9.17) is 11.5 Å². The molecule has 3 amide bonds. The average Bonchev–Trinajstić information content (AvgIpc) is 3.59.